The molecule has 0 aliphatic rings. The minimum atomic E-state index is -0.223. The Morgan fingerprint density at radius 1 is 0.833 bits per heavy atom. The van der Waals surface area contributed by atoms with Crippen LogP contribution < -0.4 is 20.3 Å². The molecular weight excluding hydrogens is 378 g/mol. The van der Waals surface area contributed by atoms with Crippen LogP contribution in [0.5, 0.6) is 5.75 Å². The average molecular weight is 403 g/mol. The first-order valence-corrected chi connectivity index (χ1v) is 9.74. The highest BCUT2D eigenvalue weighted by Crippen LogP contribution is 2.17. The Hall–Kier alpha value is -3.80. The maximum atomic E-state index is 12.4. The van der Waals surface area contributed by atoms with Gasteiger partial charge < -0.3 is 20.3 Å². The summed E-state index contributed by atoms with van der Waals surface area (Å²) in [5.74, 6) is 0.386. The second kappa shape index (κ2) is 10.1. The van der Waals surface area contributed by atoms with Gasteiger partial charge in [0, 0.05) is 29.2 Å². The van der Waals surface area contributed by atoms with Gasteiger partial charge in [-0.2, -0.15) is 0 Å². The van der Waals surface area contributed by atoms with Crippen LogP contribution in [0.25, 0.3) is 0 Å². The molecule has 0 aliphatic heterocycles. The molecule has 0 saturated carbocycles. The van der Waals surface area contributed by atoms with E-state index >= 15 is 0 Å². The number of benzene rings is 3. The number of carbonyl (C=O) groups excluding carboxylic acids is 2. The first kappa shape index (κ1) is 20.9. The number of anilines is 3. The minimum Gasteiger partial charge on any atom is -0.497 e. The molecule has 0 aromatic heterocycles. The molecule has 30 heavy (non-hydrogen) atoms. The van der Waals surface area contributed by atoms with Gasteiger partial charge in [-0.05, 0) is 67.6 Å². The van der Waals surface area contributed by atoms with Crippen molar-refractivity contribution in [2.75, 3.05) is 35.7 Å². The molecule has 0 saturated heterocycles. The van der Waals surface area contributed by atoms with Gasteiger partial charge in [-0.15, -0.1) is 0 Å². The molecule has 0 fully saturated rings. The van der Waals surface area contributed by atoms with E-state index in [0.717, 1.165) is 18.0 Å². The topological polar surface area (TPSA) is 70.7 Å². The summed E-state index contributed by atoms with van der Waals surface area (Å²) in [6, 6.07) is 23.7. The van der Waals surface area contributed by atoms with Gasteiger partial charge in [0.2, 0.25) is 5.91 Å². The third kappa shape index (κ3) is 5.61. The number of nitrogens with zero attached hydrogens (tertiary/aromatic N) is 1. The van der Waals surface area contributed by atoms with E-state index in [0.29, 0.717) is 16.9 Å². The van der Waals surface area contributed by atoms with Gasteiger partial charge in [0.1, 0.15) is 5.75 Å². The van der Waals surface area contributed by atoms with E-state index in [2.05, 4.69) is 10.6 Å². The van der Waals surface area contributed by atoms with Crippen molar-refractivity contribution in [1.29, 1.82) is 0 Å². The molecule has 3 aromatic carbocycles. The molecule has 2 amide bonds. The number of rotatable bonds is 8. The molecule has 154 valence electrons. The largest absolute Gasteiger partial charge is 0.497 e. The average Bonchev–Trinajstić information content (AvgIpc) is 2.79. The van der Waals surface area contributed by atoms with E-state index in [1.807, 2.05) is 42.2 Å². The fourth-order valence-corrected chi connectivity index (χ4v) is 2.98. The normalized spacial score (nSPS) is 10.2. The number of para-hydroxylation sites is 1. The second-order valence-corrected chi connectivity index (χ2v) is 6.66. The predicted molar refractivity (Wildman–Crippen MR) is 120 cm³/mol. The van der Waals surface area contributed by atoms with Crippen molar-refractivity contribution in [1.82, 2.24) is 0 Å². The van der Waals surface area contributed by atoms with Crippen LogP contribution in [-0.2, 0) is 4.79 Å². The molecule has 0 radical (unpaired) electrons. The van der Waals surface area contributed by atoms with Crippen LogP contribution >= 0.6 is 0 Å². The third-order valence-electron chi connectivity index (χ3n) is 4.62. The molecule has 3 rings (SSSR count). The molecule has 6 heteroatoms. The first-order chi connectivity index (χ1) is 14.6. The molecule has 0 bridgehead atoms. The Morgan fingerprint density at radius 2 is 1.43 bits per heavy atom. The lowest BCUT2D eigenvalue weighted by atomic mass is 10.2. The molecular formula is C24H25N3O3. The summed E-state index contributed by atoms with van der Waals surface area (Å²) in [6.07, 6.45) is 0. The van der Waals surface area contributed by atoms with Gasteiger partial charge in [0.05, 0.1) is 13.7 Å². The zero-order valence-electron chi connectivity index (χ0n) is 17.1. The molecule has 3 aromatic rings. The van der Waals surface area contributed by atoms with E-state index in [1.165, 1.54) is 0 Å². The second-order valence-electron chi connectivity index (χ2n) is 6.66. The summed E-state index contributed by atoms with van der Waals surface area (Å²) < 4.78 is 5.11. The maximum Gasteiger partial charge on any atom is 0.255 e. The van der Waals surface area contributed by atoms with E-state index < -0.39 is 0 Å². The highest BCUT2D eigenvalue weighted by atomic mass is 16.5. The number of carbonyl (C=O) groups is 2. The van der Waals surface area contributed by atoms with E-state index in [1.54, 1.807) is 55.6 Å². The van der Waals surface area contributed by atoms with Gasteiger partial charge >= 0.3 is 0 Å². The van der Waals surface area contributed by atoms with Crippen LogP contribution in [0.15, 0.2) is 78.9 Å². The van der Waals surface area contributed by atoms with Gasteiger partial charge in [-0.3, -0.25) is 9.59 Å². The fraction of sp³-hybridized carbons (Fsp3) is 0.167. The molecule has 0 unspecified atom stereocenters. The Labute approximate surface area is 176 Å². The van der Waals surface area contributed by atoms with Crippen molar-refractivity contribution in [2.45, 2.75) is 6.92 Å². The van der Waals surface area contributed by atoms with Crippen molar-refractivity contribution in [2.24, 2.45) is 0 Å². The Kier molecular flexibility index (Phi) is 7.05. The lowest BCUT2D eigenvalue weighted by Crippen LogP contribution is -2.33. The van der Waals surface area contributed by atoms with Crippen molar-refractivity contribution in [3.63, 3.8) is 0 Å². The summed E-state index contributed by atoms with van der Waals surface area (Å²) in [5, 5.41) is 5.71. The van der Waals surface area contributed by atoms with Crippen molar-refractivity contribution in [3.05, 3.63) is 84.4 Å². The zero-order chi connectivity index (χ0) is 21.3. The lowest BCUT2D eigenvalue weighted by molar-refractivity contribution is -0.115. The number of ether oxygens (including phenoxy) is 1. The number of methoxy groups -OCH3 is 1. The zero-order valence-corrected chi connectivity index (χ0v) is 17.1. The number of likely N-dealkylation sites (N-methyl/N-ethyl adjacent to an activating group) is 1. The molecule has 0 aliphatic carbocycles. The monoisotopic (exact) mass is 403 g/mol. The summed E-state index contributed by atoms with van der Waals surface area (Å²) in [7, 11) is 1.59. The van der Waals surface area contributed by atoms with Crippen LogP contribution in [0.1, 0.15) is 17.3 Å². The van der Waals surface area contributed by atoms with Crippen molar-refractivity contribution < 1.29 is 14.3 Å². The first-order valence-electron chi connectivity index (χ1n) is 9.74. The molecule has 0 atom stereocenters. The van der Waals surface area contributed by atoms with Gasteiger partial charge in [0.25, 0.3) is 5.91 Å². The van der Waals surface area contributed by atoms with Crippen LogP contribution in [0.2, 0.25) is 0 Å². The van der Waals surface area contributed by atoms with Crippen LogP contribution in [0.3, 0.4) is 0 Å². The van der Waals surface area contributed by atoms with E-state index in [9.17, 15) is 9.59 Å². The van der Waals surface area contributed by atoms with Crippen LogP contribution in [0, 0.1) is 0 Å². The van der Waals surface area contributed by atoms with Crippen LogP contribution in [0.4, 0.5) is 17.1 Å². The summed E-state index contributed by atoms with van der Waals surface area (Å²) in [4.78, 5) is 26.8. The highest BCUT2D eigenvalue weighted by Gasteiger charge is 2.11. The Bertz CT molecular complexity index is 971. The van der Waals surface area contributed by atoms with Crippen molar-refractivity contribution >= 4 is 28.9 Å². The van der Waals surface area contributed by atoms with E-state index in [4.69, 9.17) is 4.74 Å². The highest BCUT2D eigenvalue weighted by molar-refractivity contribution is 6.04. The lowest BCUT2D eigenvalue weighted by Gasteiger charge is -2.22. The Balaban J connectivity index is 1.56. The number of amides is 2. The number of hydrogen-bond acceptors (Lipinski definition) is 4. The number of nitrogens with one attached hydrogen (secondary N) is 2. The number of hydrogen-bond donors (Lipinski definition) is 2. The van der Waals surface area contributed by atoms with Gasteiger partial charge in [0.15, 0.2) is 0 Å². The summed E-state index contributed by atoms with van der Waals surface area (Å²) in [5.41, 5.74) is 2.83. The summed E-state index contributed by atoms with van der Waals surface area (Å²) in [6.45, 7) is 2.98. The van der Waals surface area contributed by atoms with Gasteiger partial charge in [-0.25, -0.2) is 0 Å². The molecule has 6 nitrogen and oxygen atoms in total. The molecule has 0 heterocycles. The van der Waals surface area contributed by atoms with E-state index in [-0.39, 0.29) is 18.4 Å². The maximum absolute atomic E-state index is 12.4. The summed E-state index contributed by atoms with van der Waals surface area (Å²) >= 11 is 0. The van der Waals surface area contributed by atoms with Crippen molar-refractivity contribution in [3.8, 4) is 5.75 Å². The third-order valence-corrected chi connectivity index (χ3v) is 4.62. The predicted octanol–water partition coefficient (Wildman–Crippen LogP) is 4.41. The SMILES string of the molecule is CCN(CC(=O)Nc1ccc(C(=O)Nc2ccc(OC)cc2)cc1)c1ccccc1. The standard InChI is InChI=1S/C24H25N3O3/c1-3-27(21-7-5-4-6-8-21)17-23(28)25-19-11-9-18(10-12-19)24(29)26-20-13-15-22(30-2)16-14-20/h4-16H,3,17H2,1-2H3,(H,25,28)(H,26,29). The quantitative estimate of drug-likeness (QED) is 0.584. The van der Waals surface area contributed by atoms with Gasteiger partial charge in [-0.1, -0.05) is 18.2 Å². The minimum absolute atomic E-state index is 0.115. The molecule has 2 N–H and O–H groups in total. The van der Waals surface area contributed by atoms with Crippen LogP contribution in [-0.4, -0.2) is 32.0 Å². The molecule has 0 spiro atoms. The smallest absolute Gasteiger partial charge is 0.255 e. The fourth-order valence-electron chi connectivity index (χ4n) is 2.98. The Morgan fingerprint density at radius 3 is 2.03 bits per heavy atom.